The predicted molar refractivity (Wildman–Crippen MR) is 112 cm³/mol. The van der Waals surface area contributed by atoms with Crippen LogP contribution in [0.1, 0.15) is 41.2 Å². The highest BCUT2D eigenvalue weighted by atomic mass is 35.5. The minimum absolute atomic E-state index is 0.0439. The second kappa shape index (κ2) is 6.59. The molecule has 0 saturated carbocycles. The molecule has 2 aromatic heterocycles. The molecule has 0 radical (unpaired) electrons. The first-order valence-electron chi connectivity index (χ1n) is 9.90. The molecule has 160 valence electrons. The summed E-state index contributed by atoms with van der Waals surface area (Å²) in [6.07, 6.45) is 0.0495. The van der Waals surface area contributed by atoms with Crippen LogP contribution in [0.3, 0.4) is 0 Å². The Kier molecular flexibility index (Phi) is 4.28. The Bertz CT molecular complexity index is 1380. The number of halogens is 2. The highest BCUT2D eigenvalue weighted by Crippen LogP contribution is 2.41. The molecular weight excluding hydrogens is 425 g/mol. The van der Waals surface area contributed by atoms with Crippen LogP contribution in [0.4, 0.5) is 4.39 Å². The van der Waals surface area contributed by atoms with Crippen molar-refractivity contribution in [1.29, 1.82) is 0 Å². The van der Waals surface area contributed by atoms with Crippen LogP contribution in [0, 0.1) is 12.7 Å². The molecule has 9 heteroatoms. The number of aromatic nitrogens is 2. The van der Waals surface area contributed by atoms with Crippen molar-refractivity contribution in [1.82, 2.24) is 9.55 Å². The number of pyridine rings is 2. The summed E-state index contributed by atoms with van der Waals surface area (Å²) in [5, 5.41) is 11.5. The molecule has 0 unspecified atom stereocenters. The van der Waals surface area contributed by atoms with Crippen LogP contribution in [0.15, 0.2) is 16.9 Å². The summed E-state index contributed by atoms with van der Waals surface area (Å²) in [5.41, 5.74) is 6.89. The zero-order chi connectivity index (χ0) is 22.2. The van der Waals surface area contributed by atoms with Crippen LogP contribution in [0.2, 0.25) is 5.02 Å². The predicted octanol–water partition coefficient (Wildman–Crippen LogP) is 2.64. The molecule has 1 aromatic carbocycles. The smallest absolute Gasteiger partial charge is 0.343 e. The van der Waals surface area contributed by atoms with Crippen LogP contribution >= 0.6 is 11.6 Å². The second-order valence-corrected chi connectivity index (χ2v) is 8.32. The van der Waals surface area contributed by atoms with Crippen molar-refractivity contribution in [2.45, 2.75) is 45.6 Å². The lowest BCUT2D eigenvalue weighted by molar-refractivity contribution is -0.172. The highest BCUT2D eigenvalue weighted by Gasteiger charge is 2.45. The summed E-state index contributed by atoms with van der Waals surface area (Å²) in [6.45, 7) is 3.21. The first-order chi connectivity index (χ1) is 14.7. The Labute approximate surface area is 181 Å². The van der Waals surface area contributed by atoms with Gasteiger partial charge in [-0.3, -0.25) is 4.79 Å². The molecule has 7 nitrogen and oxygen atoms in total. The number of hydrogen-bond acceptors (Lipinski definition) is 6. The lowest BCUT2D eigenvalue weighted by Crippen LogP contribution is -2.44. The first kappa shape index (κ1) is 20.1. The van der Waals surface area contributed by atoms with Crippen molar-refractivity contribution in [3.63, 3.8) is 0 Å². The molecule has 0 aliphatic carbocycles. The van der Waals surface area contributed by atoms with Gasteiger partial charge in [0.1, 0.15) is 12.4 Å². The summed E-state index contributed by atoms with van der Waals surface area (Å²) in [6, 6.07) is 3.19. The SMILES string of the molecule is CC[C@@]1(O)C(=O)OCc2c1cc1n(c2=O)Cc2c-1nc1cc(Cl)c(C)c(F)c1c2CN. The molecule has 2 aliphatic rings. The van der Waals surface area contributed by atoms with E-state index in [0.717, 1.165) is 0 Å². The number of benzene rings is 1. The van der Waals surface area contributed by atoms with Gasteiger partial charge in [0.2, 0.25) is 0 Å². The van der Waals surface area contributed by atoms with Gasteiger partial charge in [-0.2, -0.15) is 0 Å². The number of nitrogens with zero attached hydrogens (tertiary/aromatic N) is 2. The number of carbonyl (C=O) groups is 1. The number of hydrogen-bond donors (Lipinski definition) is 2. The average Bonchev–Trinajstić information content (AvgIpc) is 3.12. The van der Waals surface area contributed by atoms with Gasteiger partial charge >= 0.3 is 5.97 Å². The van der Waals surface area contributed by atoms with E-state index in [9.17, 15) is 14.7 Å². The van der Waals surface area contributed by atoms with Gasteiger partial charge in [0.15, 0.2) is 5.60 Å². The third-order valence-electron chi connectivity index (χ3n) is 6.42. The van der Waals surface area contributed by atoms with E-state index in [4.69, 9.17) is 22.1 Å². The number of fused-ring (bicyclic) bond motifs is 5. The minimum atomic E-state index is -1.91. The molecule has 2 aliphatic heterocycles. The molecule has 0 fully saturated rings. The van der Waals surface area contributed by atoms with E-state index in [1.807, 2.05) is 0 Å². The van der Waals surface area contributed by atoms with Gasteiger partial charge in [0, 0.05) is 33.6 Å². The molecule has 3 aromatic rings. The van der Waals surface area contributed by atoms with Crippen LogP contribution in [0.25, 0.3) is 22.3 Å². The maximum absolute atomic E-state index is 15.1. The van der Waals surface area contributed by atoms with Crippen molar-refractivity contribution in [3.8, 4) is 11.4 Å². The summed E-state index contributed by atoms with van der Waals surface area (Å²) < 4.78 is 21.7. The van der Waals surface area contributed by atoms with Gasteiger partial charge in [-0.25, -0.2) is 14.2 Å². The number of aliphatic hydroxyl groups is 1. The zero-order valence-corrected chi connectivity index (χ0v) is 17.6. The van der Waals surface area contributed by atoms with Gasteiger partial charge in [0.25, 0.3) is 5.56 Å². The van der Waals surface area contributed by atoms with Crippen molar-refractivity contribution in [3.05, 3.63) is 61.1 Å². The van der Waals surface area contributed by atoms with Gasteiger partial charge in [-0.05, 0) is 31.0 Å². The number of rotatable bonds is 2. The normalized spacial score (nSPS) is 19.2. The Morgan fingerprint density at radius 1 is 1.35 bits per heavy atom. The second-order valence-electron chi connectivity index (χ2n) is 7.92. The first-order valence-corrected chi connectivity index (χ1v) is 10.3. The van der Waals surface area contributed by atoms with E-state index < -0.39 is 17.4 Å². The van der Waals surface area contributed by atoms with E-state index >= 15 is 4.39 Å². The molecular formula is C22H19ClFN3O4. The van der Waals surface area contributed by atoms with Crippen molar-refractivity contribution in [2.75, 3.05) is 0 Å². The average molecular weight is 444 g/mol. The Morgan fingerprint density at radius 3 is 2.77 bits per heavy atom. The third-order valence-corrected chi connectivity index (χ3v) is 6.81. The molecule has 3 N–H and O–H groups in total. The molecule has 0 saturated heterocycles. The molecule has 0 amide bonds. The lowest BCUT2D eigenvalue weighted by atomic mass is 9.86. The number of nitrogens with two attached hydrogens (primary N) is 1. The van der Waals surface area contributed by atoms with Gasteiger partial charge < -0.3 is 20.1 Å². The highest BCUT2D eigenvalue weighted by molar-refractivity contribution is 6.32. The topological polar surface area (TPSA) is 107 Å². The monoisotopic (exact) mass is 443 g/mol. The molecule has 5 rings (SSSR count). The number of carbonyl (C=O) groups excluding carboxylic acids is 1. The van der Waals surface area contributed by atoms with Gasteiger partial charge in [0.05, 0.1) is 29.0 Å². The van der Waals surface area contributed by atoms with Crippen molar-refractivity contribution in [2.24, 2.45) is 5.73 Å². The van der Waals surface area contributed by atoms with E-state index in [1.54, 1.807) is 26.0 Å². The molecule has 0 bridgehead atoms. The standard InChI is InChI=1S/C22H19ClFN3O4/c1-3-22(30)13-4-16-19-11(7-27(16)20(28)12(13)8-31-21(22)29)10(6-25)17-15(26-19)5-14(23)9(2)18(17)24/h4-5,30H,3,6-8,25H2,1-2H3/t22-/m0/s1. The number of esters is 1. The zero-order valence-electron chi connectivity index (χ0n) is 16.9. The number of ether oxygens (including phenoxy) is 1. The van der Waals surface area contributed by atoms with Crippen LogP contribution in [-0.4, -0.2) is 20.6 Å². The Morgan fingerprint density at radius 2 is 2.10 bits per heavy atom. The van der Waals surface area contributed by atoms with E-state index in [-0.39, 0.29) is 53.2 Å². The summed E-state index contributed by atoms with van der Waals surface area (Å²) >= 11 is 6.18. The Balaban J connectivity index is 1.86. The summed E-state index contributed by atoms with van der Waals surface area (Å²) in [5.74, 6) is -1.27. The fourth-order valence-electron chi connectivity index (χ4n) is 4.58. The molecule has 0 spiro atoms. The van der Waals surface area contributed by atoms with E-state index in [2.05, 4.69) is 4.98 Å². The largest absolute Gasteiger partial charge is 0.458 e. The maximum atomic E-state index is 15.1. The van der Waals surface area contributed by atoms with E-state index in [1.165, 1.54) is 4.57 Å². The summed E-state index contributed by atoms with van der Waals surface area (Å²) in [4.78, 5) is 30.2. The number of cyclic esters (lactones) is 1. The minimum Gasteiger partial charge on any atom is -0.458 e. The van der Waals surface area contributed by atoms with E-state index in [0.29, 0.717) is 33.6 Å². The fraction of sp³-hybridized carbons (Fsp3) is 0.318. The van der Waals surface area contributed by atoms with Gasteiger partial charge in [-0.1, -0.05) is 18.5 Å². The van der Waals surface area contributed by atoms with Crippen LogP contribution < -0.4 is 11.3 Å². The van der Waals surface area contributed by atoms with Crippen molar-refractivity contribution >= 4 is 28.5 Å². The van der Waals surface area contributed by atoms with Crippen LogP contribution in [0.5, 0.6) is 0 Å². The molecule has 4 heterocycles. The van der Waals surface area contributed by atoms with Crippen LogP contribution in [-0.2, 0) is 34.8 Å². The molecule has 31 heavy (non-hydrogen) atoms. The summed E-state index contributed by atoms with van der Waals surface area (Å²) in [7, 11) is 0. The third kappa shape index (κ3) is 2.49. The Hall–Kier alpha value is -2.81. The lowest BCUT2D eigenvalue weighted by Gasteiger charge is -2.31. The maximum Gasteiger partial charge on any atom is 0.343 e. The molecule has 1 atom stereocenters. The van der Waals surface area contributed by atoms with Gasteiger partial charge in [-0.15, -0.1) is 0 Å². The van der Waals surface area contributed by atoms with Crippen molar-refractivity contribution < 1.29 is 19.0 Å². The fourth-order valence-corrected chi connectivity index (χ4v) is 4.77. The quantitative estimate of drug-likeness (QED) is 0.461.